The molecular weight excluding hydrogens is 338 g/mol. The summed E-state index contributed by atoms with van der Waals surface area (Å²) in [5.74, 6) is 0.689. The van der Waals surface area contributed by atoms with Crippen molar-refractivity contribution >= 4 is 27.9 Å². The minimum absolute atomic E-state index is 0.190. The van der Waals surface area contributed by atoms with Gasteiger partial charge in [0.15, 0.2) is 5.16 Å². The number of ether oxygens (including phenoxy) is 1. The van der Waals surface area contributed by atoms with Crippen LogP contribution in [0.1, 0.15) is 33.6 Å². The van der Waals surface area contributed by atoms with E-state index in [2.05, 4.69) is 9.97 Å². The van der Waals surface area contributed by atoms with Crippen molar-refractivity contribution in [1.29, 1.82) is 0 Å². The first kappa shape index (κ1) is 17.9. The third kappa shape index (κ3) is 4.60. The zero-order valence-electron chi connectivity index (χ0n) is 14.9. The molecule has 1 aromatic carbocycles. The Labute approximate surface area is 150 Å². The highest BCUT2D eigenvalue weighted by atomic mass is 32.2. The van der Waals surface area contributed by atoms with E-state index >= 15 is 0 Å². The van der Waals surface area contributed by atoms with Crippen molar-refractivity contribution in [3.8, 4) is 0 Å². The van der Waals surface area contributed by atoms with Crippen molar-refractivity contribution < 1.29 is 13.7 Å². The monoisotopic (exact) mass is 363 g/mol. The molecule has 1 aromatic heterocycles. The standard InChI is InChI=1S/C18H25N3O3S/c1-18(2,3)24-17(22)21-10-6-7-13(11-21)12-25(23)16-19-14-8-4-5-9-15(14)20-16/h4-5,8-9,13H,6-7,10-12H2,1-3H3,(H,19,20)/t13-,25-/m1/s1. The van der Waals surface area contributed by atoms with Gasteiger partial charge in [0.05, 0.1) is 21.8 Å². The fraction of sp³-hybridized carbons (Fsp3) is 0.556. The maximum absolute atomic E-state index is 12.7. The highest BCUT2D eigenvalue weighted by Gasteiger charge is 2.29. The summed E-state index contributed by atoms with van der Waals surface area (Å²) in [6, 6.07) is 7.66. The molecule has 2 aromatic rings. The number of para-hydroxylation sites is 2. The number of fused-ring (bicyclic) bond motifs is 1. The fourth-order valence-electron chi connectivity index (χ4n) is 3.02. The summed E-state index contributed by atoms with van der Waals surface area (Å²) in [6.07, 6.45) is 1.58. The Kier molecular flexibility index (Phi) is 5.13. The number of rotatable bonds is 3. The van der Waals surface area contributed by atoms with E-state index < -0.39 is 16.4 Å². The summed E-state index contributed by atoms with van der Waals surface area (Å²) < 4.78 is 18.1. The lowest BCUT2D eigenvalue weighted by Crippen LogP contribution is -2.44. The minimum atomic E-state index is -1.21. The molecule has 1 aliphatic rings. The van der Waals surface area contributed by atoms with Gasteiger partial charge >= 0.3 is 6.09 Å². The second kappa shape index (κ2) is 7.15. The summed E-state index contributed by atoms with van der Waals surface area (Å²) in [7, 11) is -1.21. The minimum Gasteiger partial charge on any atom is -0.444 e. The Balaban J connectivity index is 1.62. The molecule has 0 saturated carbocycles. The molecule has 0 unspecified atom stereocenters. The lowest BCUT2D eigenvalue weighted by molar-refractivity contribution is 0.0176. The number of hydrogen-bond acceptors (Lipinski definition) is 4. The topological polar surface area (TPSA) is 75.3 Å². The molecule has 7 heteroatoms. The van der Waals surface area contributed by atoms with Crippen molar-refractivity contribution in [2.75, 3.05) is 18.8 Å². The summed E-state index contributed by atoms with van der Waals surface area (Å²) in [6.45, 7) is 6.87. The van der Waals surface area contributed by atoms with Crippen LogP contribution in [0, 0.1) is 5.92 Å². The van der Waals surface area contributed by atoms with Gasteiger partial charge in [0.25, 0.3) is 0 Å². The van der Waals surface area contributed by atoms with Crippen LogP contribution in [-0.4, -0.2) is 49.6 Å². The van der Waals surface area contributed by atoms with Gasteiger partial charge < -0.3 is 14.6 Å². The van der Waals surface area contributed by atoms with Gasteiger partial charge in [-0.1, -0.05) is 12.1 Å². The fourth-order valence-corrected chi connectivity index (χ4v) is 4.31. The van der Waals surface area contributed by atoms with Gasteiger partial charge in [-0.2, -0.15) is 0 Å². The van der Waals surface area contributed by atoms with E-state index in [9.17, 15) is 9.00 Å². The van der Waals surface area contributed by atoms with E-state index in [0.717, 1.165) is 23.9 Å². The number of likely N-dealkylation sites (tertiary alicyclic amines) is 1. The lowest BCUT2D eigenvalue weighted by atomic mass is 10.0. The van der Waals surface area contributed by atoms with Gasteiger partial charge in [0.1, 0.15) is 5.60 Å². The average Bonchev–Trinajstić information content (AvgIpc) is 2.98. The van der Waals surface area contributed by atoms with E-state index in [1.165, 1.54) is 0 Å². The van der Waals surface area contributed by atoms with E-state index in [-0.39, 0.29) is 12.0 Å². The highest BCUT2D eigenvalue weighted by molar-refractivity contribution is 7.84. The number of aromatic nitrogens is 2. The van der Waals surface area contributed by atoms with Gasteiger partial charge in [0.2, 0.25) is 0 Å². The number of amides is 1. The zero-order chi connectivity index (χ0) is 18.0. The number of imidazole rings is 1. The second-order valence-corrected chi connectivity index (χ2v) is 8.92. The molecular formula is C18H25N3O3S. The van der Waals surface area contributed by atoms with Crippen molar-refractivity contribution in [3.63, 3.8) is 0 Å². The third-order valence-electron chi connectivity index (χ3n) is 4.14. The van der Waals surface area contributed by atoms with Gasteiger partial charge in [-0.25, -0.2) is 9.78 Å². The van der Waals surface area contributed by atoms with Gasteiger partial charge in [0, 0.05) is 18.8 Å². The molecule has 136 valence electrons. The van der Waals surface area contributed by atoms with E-state index in [1.807, 2.05) is 45.0 Å². The van der Waals surface area contributed by atoms with Crippen LogP contribution < -0.4 is 0 Å². The van der Waals surface area contributed by atoms with Crippen molar-refractivity contribution in [3.05, 3.63) is 24.3 Å². The Morgan fingerprint density at radius 2 is 2.16 bits per heavy atom. The first-order valence-corrected chi connectivity index (χ1v) is 9.95. The number of nitrogens with one attached hydrogen (secondary N) is 1. The number of H-pyrrole nitrogens is 1. The molecule has 3 rings (SSSR count). The van der Waals surface area contributed by atoms with E-state index in [0.29, 0.717) is 24.0 Å². The average molecular weight is 363 g/mol. The Hall–Kier alpha value is -1.89. The van der Waals surface area contributed by atoms with Crippen LogP contribution in [0.4, 0.5) is 4.79 Å². The summed E-state index contributed by atoms with van der Waals surface area (Å²) in [5, 5.41) is 0.510. The second-order valence-electron chi connectivity index (χ2n) is 7.51. The summed E-state index contributed by atoms with van der Waals surface area (Å²) in [5.41, 5.74) is 1.22. The SMILES string of the molecule is CC(C)(C)OC(=O)N1CCC[C@@H](C[S@@](=O)c2nc3ccccc3[nH]2)C1. The van der Waals surface area contributed by atoms with Crippen LogP contribution in [0.15, 0.2) is 29.4 Å². The van der Waals surface area contributed by atoms with Gasteiger partial charge in [-0.3, -0.25) is 4.21 Å². The van der Waals surface area contributed by atoms with Crippen LogP contribution in [0.3, 0.4) is 0 Å². The summed E-state index contributed by atoms with van der Waals surface area (Å²) >= 11 is 0. The first-order valence-electron chi connectivity index (χ1n) is 8.63. The van der Waals surface area contributed by atoms with Crippen LogP contribution in [-0.2, 0) is 15.5 Å². The molecule has 0 bridgehead atoms. The number of aromatic amines is 1. The lowest BCUT2D eigenvalue weighted by Gasteiger charge is -2.33. The van der Waals surface area contributed by atoms with Crippen LogP contribution >= 0.6 is 0 Å². The maximum atomic E-state index is 12.7. The number of carbonyl (C=O) groups excluding carboxylic acids is 1. The number of hydrogen-bond donors (Lipinski definition) is 1. The van der Waals surface area contributed by atoms with Crippen molar-refractivity contribution in [2.45, 2.75) is 44.4 Å². The Morgan fingerprint density at radius 3 is 2.88 bits per heavy atom. The van der Waals surface area contributed by atoms with E-state index in [4.69, 9.17) is 4.74 Å². The molecule has 6 nitrogen and oxygen atoms in total. The number of piperidine rings is 1. The smallest absolute Gasteiger partial charge is 0.410 e. The largest absolute Gasteiger partial charge is 0.444 e. The molecule has 0 spiro atoms. The van der Waals surface area contributed by atoms with Gasteiger partial charge in [-0.05, 0) is 51.7 Å². The molecule has 25 heavy (non-hydrogen) atoms. The Bertz CT molecular complexity index is 748. The molecule has 1 amide bonds. The summed E-state index contributed by atoms with van der Waals surface area (Å²) in [4.78, 5) is 21.5. The maximum Gasteiger partial charge on any atom is 0.410 e. The van der Waals surface area contributed by atoms with Crippen LogP contribution in [0.2, 0.25) is 0 Å². The molecule has 0 aliphatic carbocycles. The normalized spacial score (nSPS) is 19.8. The molecule has 0 radical (unpaired) electrons. The highest BCUT2D eigenvalue weighted by Crippen LogP contribution is 2.22. The van der Waals surface area contributed by atoms with Gasteiger partial charge in [-0.15, -0.1) is 0 Å². The number of nitrogens with zero attached hydrogens (tertiary/aromatic N) is 2. The quantitative estimate of drug-likeness (QED) is 0.908. The van der Waals surface area contributed by atoms with E-state index in [1.54, 1.807) is 4.90 Å². The zero-order valence-corrected chi connectivity index (χ0v) is 15.8. The molecule has 2 atom stereocenters. The predicted octanol–water partition coefficient (Wildman–Crippen LogP) is 3.32. The van der Waals surface area contributed by atoms with Crippen LogP contribution in [0.5, 0.6) is 0 Å². The molecule has 1 fully saturated rings. The predicted molar refractivity (Wildman–Crippen MR) is 97.9 cm³/mol. The number of benzene rings is 1. The molecule has 1 N–H and O–H groups in total. The number of carbonyl (C=O) groups is 1. The van der Waals surface area contributed by atoms with Crippen molar-refractivity contribution in [1.82, 2.24) is 14.9 Å². The van der Waals surface area contributed by atoms with Crippen molar-refractivity contribution in [2.24, 2.45) is 5.92 Å². The third-order valence-corrected chi connectivity index (χ3v) is 5.54. The molecule has 1 aliphatic heterocycles. The Morgan fingerprint density at radius 1 is 1.40 bits per heavy atom. The molecule has 1 saturated heterocycles. The molecule has 2 heterocycles. The first-order chi connectivity index (χ1) is 11.8. The van der Waals surface area contributed by atoms with Crippen LogP contribution in [0.25, 0.3) is 11.0 Å².